The van der Waals surface area contributed by atoms with Crippen molar-refractivity contribution in [2.45, 2.75) is 0 Å². The van der Waals surface area contributed by atoms with Crippen LogP contribution in [0.1, 0.15) is 0 Å². The van der Waals surface area contributed by atoms with Crippen molar-refractivity contribution in [3.63, 3.8) is 0 Å². The predicted molar refractivity (Wildman–Crippen MR) is 75.0 cm³/mol. The summed E-state index contributed by atoms with van der Waals surface area (Å²) in [6.45, 7) is 3.49. The molecule has 1 aliphatic heterocycles. The highest BCUT2D eigenvalue weighted by Gasteiger charge is 2.20. The summed E-state index contributed by atoms with van der Waals surface area (Å²) in [6, 6.07) is 3.68. The first-order valence-corrected chi connectivity index (χ1v) is 6.50. The fraction of sp³-hybridized carbons (Fsp3) is 0.385. The lowest BCUT2D eigenvalue weighted by Gasteiger charge is -2.35. The Bertz CT molecular complexity index is 556. The van der Waals surface area contributed by atoms with E-state index in [2.05, 4.69) is 29.7 Å². The van der Waals surface area contributed by atoms with Gasteiger partial charge in [0.1, 0.15) is 12.1 Å². The van der Waals surface area contributed by atoms with Gasteiger partial charge in [0.05, 0.1) is 7.11 Å². The molecular weight excluding hydrogens is 256 g/mol. The van der Waals surface area contributed by atoms with Crippen molar-refractivity contribution in [3.05, 3.63) is 30.9 Å². The summed E-state index contributed by atoms with van der Waals surface area (Å²) >= 11 is 0. The van der Waals surface area contributed by atoms with Crippen LogP contribution in [0.2, 0.25) is 0 Å². The molecule has 0 saturated carbocycles. The second-order valence-electron chi connectivity index (χ2n) is 4.44. The molecular formula is C13H16N6O. The molecule has 0 amide bonds. The van der Waals surface area contributed by atoms with Gasteiger partial charge in [0.2, 0.25) is 11.8 Å². The molecule has 2 aromatic rings. The van der Waals surface area contributed by atoms with Gasteiger partial charge in [-0.25, -0.2) is 19.9 Å². The molecule has 20 heavy (non-hydrogen) atoms. The summed E-state index contributed by atoms with van der Waals surface area (Å²) in [6.07, 6.45) is 5.06. The molecule has 104 valence electrons. The summed E-state index contributed by atoms with van der Waals surface area (Å²) in [5.41, 5.74) is 0. The van der Waals surface area contributed by atoms with Gasteiger partial charge in [0, 0.05) is 44.6 Å². The molecule has 1 saturated heterocycles. The number of methoxy groups -OCH3 is 1. The van der Waals surface area contributed by atoms with Gasteiger partial charge >= 0.3 is 0 Å². The van der Waals surface area contributed by atoms with Crippen LogP contribution in [0.4, 0.5) is 11.8 Å². The third-order valence-electron chi connectivity index (χ3n) is 3.28. The van der Waals surface area contributed by atoms with Crippen molar-refractivity contribution in [1.29, 1.82) is 0 Å². The van der Waals surface area contributed by atoms with E-state index in [1.165, 1.54) is 6.33 Å². The van der Waals surface area contributed by atoms with Crippen LogP contribution in [-0.2, 0) is 0 Å². The van der Waals surface area contributed by atoms with Crippen LogP contribution >= 0.6 is 0 Å². The molecule has 3 rings (SSSR count). The van der Waals surface area contributed by atoms with E-state index in [1.807, 2.05) is 12.1 Å². The molecule has 0 N–H and O–H groups in total. The average Bonchev–Trinajstić information content (AvgIpc) is 2.56. The molecule has 0 radical (unpaired) electrons. The molecule has 0 atom stereocenters. The van der Waals surface area contributed by atoms with Crippen LogP contribution in [0.3, 0.4) is 0 Å². The van der Waals surface area contributed by atoms with Gasteiger partial charge in [-0.3, -0.25) is 0 Å². The van der Waals surface area contributed by atoms with Crippen molar-refractivity contribution >= 4 is 11.8 Å². The largest absolute Gasteiger partial charge is 0.481 e. The van der Waals surface area contributed by atoms with Gasteiger partial charge in [-0.1, -0.05) is 0 Å². The summed E-state index contributed by atoms with van der Waals surface area (Å²) in [5, 5.41) is 0. The Morgan fingerprint density at radius 1 is 0.950 bits per heavy atom. The molecule has 7 nitrogen and oxygen atoms in total. The lowest BCUT2D eigenvalue weighted by Crippen LogP contribution is -2.47. The van der Waals surface area contributed by atoms with Crippen LogP contribution in [0, 0.1) is 0 Å². The molecule has 1 aliphatic rings. The minimum Gasteiger partial charge on any atom is -0.481 e. The van der Waals surface area contributed by atoms with Crippen LogP contribution in [0.25, 0.3) is 0 Å². The quantitative estimate of drug-likeness (QED) is 0.810. The second-order valence-corrected chi connectivity index (χ2v) is 4.44. The molecule has 0 spiro atoms. The fourth-order valence-corrected chi connectivity index (χ4v) is 2.20. The van der Waals surface area contributed by atoms with Gasteiger partial charge in [-0.2, -0.15) is 0 Å². The number of hydrogen-bond acceptors (Lipinski definition) is 7. The van der Waals surface area contributed by atoms with Gasteiger partial charge in [-0.15, -0.1) is 0 Å². The number of piperazine rings is 1. The molecule has 1 fully saturated rings. The molecule has 2 aromatic heterocycles. The predicted octanol–water partition coefficient (Wildman–Crippen LogP) is 0.602. The van der Waals surface area contributed by atoms with Crippen LogP contribution in [0.15, 0.2) is 30.9 Å². The van der Waals surface area contributed by atoms with E-state index >= 15 is 0 Å². The first kappa shape index (κ1) is 12.6. The van der Waals surface area contributed by atoms with Gasteiger partial charge in [0.15, 0.2) is 0 Å². The third-order valence-corrected chi connectivity index (χ3v) is 3.28. The zero-order chi connectivity index (χ0) is 13.8. The second kappa shape index (κ2) is 5.68. The molecule has 0 aliphatic carbocycles. The van der Waals surface area contributed by atoms with Crippen molar-refractivity contribution in [3.8, 4) is 5.88 Å². The van der Waals surface area contributed by atoms with Crippen molar-refractivity contribution in [2.75, 3.05) is 43.1 Å². The zero-order valence-electron chi connectivity index (χ0n) is 11.3. The Kier molecular flexibility index (Phi) is 3.58. The minimum atomic E-state index is 0.587. The number of hydrogen-bond donors (Lipinski definition) is 0. The third kappa shape index (κ3) is 2.61. The SMILES string of the molecule is COc1cc(N2CCN(c3ncccn3)CC2)ncn1. The smallest absolute Gasteiger partial charge is 0.225 e. The number of aromatic nitrogens is 4. The fourth-order valence-electron chi connectivity index (χ4n) is 2.20. The van der Waals surface area contributed by atoms with Crippen LogP contribution in [0.5, 0.6) is 5.88 Å². The number of ether oxygens (including phenoxy) is 1. The average molecular weight is 272 g/mol. The van der Waals surface area contributed by atoms with Gasteiger partial charge < -0.3 is 14.5 Å². The van der Waals surface area contributed by atoms with Crippen molar-refractivity contribution in [1.82, 2.24) is 19.9 Å². The molecule has 0 unspecified atom stereocenters. The Labute approximate surface area is 117 Å². The van der Waals surface area contributed by atoms with E-state index in [0.29, 0.717) is 5.88 Å². The van der Waals surface area contributed by atoms with E-state index in [9.17, 15) is 0 Å². The van der Waals surface area contributed by atoms with E-state index < -0.39 is 0 Å². The molecule has 0 bridgehead atoms. The van der Waals surface area contributed by atoms with E-state index in [0.717, 1.165) is 37.9 Å². The monoisotopic (exact) mass is 272 g/mol. The standard InChI is InChI=1S/C13H16N6O/c1-20-12-9-11(16-10-17-12)18-5-7-19(8-6-18)13-14-3-2-4-15-13/h2-4,9-10H,5-8H2,1H3. The Morgan fingerprint density at radius 3 is 2.35 bits per heavy atom. The highest BCUT2D eigenvalue weighted by atomic mass is 16.5. The Hall–Kier alpha value is -2.44. The minimum absolute atomic E-state index is 0.587. The number of anilines is 2. The highest BCUT2D eigenvalue weighted by molar-refractivity contribution is 5.43. The number of nitrogens with zero attached hydrogens (tertiary/aromatic N) is 6. The maximum atomic E-state index is 5.13. The Morgan fingerprint density at radius 2 is 1.65 bits per heavy atom. The molecule has 3 heterocycles. The Balaban J connectivity index is 1.66. The van der Waals surface area contributed by atoms with Crippen LogP contribution < -0.4 is 14.5 Å². The lowest BCUT2D eigenvalue weighted by atomic mass is 10.3. The van der Waals surface area contributed by atoms with Crippen molar-refractivity contribution < 1.29 is 4.74 Å². The normalized spacial score (nSPS) is 15.2. The first-order valence-electron chi connectivity index (χ1n) is 6.50. The lowest BCUT2D eigenvalue weighted by molar-refractivity contribution is 0.396. The summed E-state index contributed by atoms with van der Waals surface area (Å²) in [4.78, 5) is 21.3. The van der Waals surface area contributed by atoms with Crippen LogP contribution in [-0.4, -0.2) is 53.2 Å². The summed E-state index contributed by atoms with van der Waals surface area (Å²) < 4.78 is 5.13. The van der Waals surface area contributed by atoms with E-state index in [1.54, 1.807) is 19.5 Å². The maximum absolute atomic E-state index is 5.13. The van der Waals surface area contributed by atoms with Crippen molar-refractivity contribution in [2.24, 2.45) is 0 Å². The summed E-state index contributed by atoms with van der Waals surface area (Å²) in [5.74, 6) is 2.27. The van der Waals surface area contributed by atoms with Gasteiger partial charge in [0.25, 0.3) is 0 Å². The topological polar surface area (TPSA) is 67.3 Å². The van der Waals surface area contributed by atoms with Gasteiger partial charge in [-0.05, 0) is 6.07 Å². The van der Waals surface area contributed by atoms with E-state index in [-0.39, 0.29) is 0 Å². The molecule has 7 heteroatoms. The summed E-state index contributed by atoms with van der Waals surface area (Å²) in [7, 11) is 1.61. The number of rotatable bonds is 3. The first-order chi connectivity index (χ1) is 9.86. The highest BCUT2D eigenvalue weighted by Crippen LogP contribution is 2.18. The zero-order valence-corrected chi connectivity index (χ0v) is 11.3. The maximum Gasteiger partial charge on any atom is 0.225 e. The molecule has 0 aromatic carbocycles. The van der Waals surface area contributed by atoms with E-state index in [4.69, 9.17) is 4.74 Å².